The lowest BCUT2D eigenvalue weighted by atomic mass is 10.2. The molecule has 5 rings (SSSR count). The molecule has 0 saturated heterocycles. The number of H-pyrrole nitrogens is 1. The minimum atomic E-state index is -0.220. The summed E-state index contributed by atoms with van der Waals surface area (Å²) in [6.07, 6.45) is 2.10. The van der Waals surface area contributed by atoms with Gasteiger partial charge in [-0.25, -0.2) is 9.97 Å². The van der Waals surface area contributed by atoms with Gasteiger partial charge in [-0.05, 0) is 54.2 Å². The van der Waals surface area contributed by atoms with Gasteiger partial charge in [0.2, 0.25) is 0 Å². The maximum atomic E-state index is 13.0. The Morgan fingerprint density at radius 2 is 2.03 bits per heavy atom. The van der Waals surface area contributed by atoms with Crippen molar-refractivity contribution < 1.29 is 4.42 Å². The molecule has 154 valence electrons. The Balaban J connectivity index is 1.43. The fourth-order valence-corrected chi connectivity index (χ4v) is 4.32. The van der Waals surface area contributed by atoms with Crippen molar-refractivity contribution in [3.8, 4) is 0 Å². The average molecular weight is 494 g/mol. The Labute approximate surface area is 189 Å². The second kappa shape index (κ2) is 8.16. The number of imidazole rings is 1. The highest BCUT2D eigenvalue weighted by atomic mass is 79.9. The minimum Gasteiger partial charge on any atom is -0.448 e. The van der Waals surface area contributed by atoms with E-state index in [9.17, 15) is 4.79 Å². The number of nitrogens with one attached hydrogen (secondary N) is 1. The van der Waals surface area contributed by atoms with E-state index in [1.165, 1.54) is 22.7 Å². The third-order valence-corrected chi connectivity index (χ3v) is 5.96. The van der Waals surface area contributed by atoms with Gasteiger partial charge in [0.05, 0.1) is 28.2 Å². The van der Waals surface area contributed by atoms with E-state index in [0.29, 0.717) is 34.0 Å². The highest BCUT2D eigenvalue weighted by molar-refractivity contribution is 9.10. The molecule has 3 aromatic heterocycles. The molecule has 0 unspecified atom stereocenters. The molecule has 3 heterocycles. The van der Waals surface area contributed by atoms with E-state index in [0.717, 1.165) is 20.7 Å². The molecule has 7 nitrogen and oxygen atoms in total. The van der Waals surface area contributed by atoms with Gasteiger partial charge in [-0.2, -0.15) is 9.78 Å². The van der Waals surface area contributed by atoms with Gasteiger partial charge >= 0.3 is 0 Å². The van der Waals surface area contributed by atoms with E-state index in [1.54, 1.807) is 12.1 Å². The molecule has 9 heteroatoms. The Hall–Kier alpha value is -3.17. The van der Waals surface area contributed by atoms with Crippen molar-refractivity contribution in [2.75, 3.05) is 0 Å². The molecular weight excluding hydrogens is 478 g/mol. The molecule has 0 saturated carbocycles. The highest BCUT2D eigenvalue weighted by Crippen LogP contribution is 2.28. The first kappa shape index (κ1) is 19.8. The van der Waals surface area contributed by atoms with E-state index in [1.807, 2.05) is 49.4 Å². The summed E-state index contributed by atoms with van der Waals surface area (Å²) in [7, 11) is 0. The Morgan fingerprint density at radius 1 is 1.16 bits per heavy atom. The minimum absolute atomic E-state index is 0.220. The third kappa shape index (κ3) is 3.94. The van der Waals surface area contributed by atoms with Crippen LogP contribution in [0.4, 0.5) is 0 Å². The molecular formula is C22H16BrN5O2S. The lowest BCUT2D eigenvalue weighted by molar-refractivity contribution is 0.468. The van der Waals surface area contributed by atoms with Gasteiger partial charge in [0.25, 0.3) is 5.56 Å². The van der Waals surface area contributed by atoms with Gasteiger partial charge < -0.3 is 9.40 Å². The van der Waals surface area contributed by atoms with Crippen molar-refractivity contribution in [2.24, 2.45) is 5.10 Å². The van der Waals surface area contributed by atoms with Gasteiger partial charge in [0.15, 0.2) is 10.2 Å². The van der Waals surface area contributed by atoms with Crippen LogP contribution in [0.1, 0.15) is 18.5 Å². The maximum Gasteiger partial charge on any atom is 0.282 e. The Morgan fingerprint density at radius 3 is 2.87 bits per heavy atom. The normalized spacial score (nSPS) is 11.8. The van der Waals surface area contributed by atoms with Crippen LogP contribution in [0.2, 0.25) is 0 Å². The number of aromatic amines is 1. The summed E-state index contributed by atoms with van der Waals surface area (Å²) >= 11 is 4.79. The first-order valence-corrected chi connectivity index (χ1v) is 11.2. The van der Waals surface area contributed by atoms with E-state index in [2.05, 4.69) is 36.0 Å². The monoisotopic (exact) mass is 493 g/mol. The standard InChI is InChI=1S/C22H16BrN5O2S/c1-2-19-25-16-9-7-13(23)11-15(16)21(29)28(19)24-12-14-8-10-20(30-14)31-22-26-17-5-3-4-6-18(17)27-22/h3-12H,2H2,1H3,(H,26,27). The van der Waals surface area contributed by atoms with Crippen molar-refractivity contribution >= 4 is 55.8 Å². The first-order chi connectivity index (χ1) is 15.1. The van der Waals surface area contributed by atoms with Crippen LogP contribution in [0.5, 0.6) is 0 Å². The largest absolute Gasteiger partial charge is 0.448 e. The highest BCUT2D eigenvalue weighted by Gasteiger charge is 2.11. The Bertz CT molecular complexity index is 1470. The number of hydrogen-bond donors (Lipinski definition) is 1. The van der Waals surface area contributed by atoms with Crippen LogP contribution in [0.15, 0.2) is 83.6 Å². The average Bonchev–Trinajstić information content (AvgIpc) is 3.39. The molecule has 0 amide bonds. The van der Waals surface area contributed by atoms with Gasteiger partial charge in [-0.15, -0.1) is 0 Å². The molecule has 0 aliphatic carbocycles. The van der Waals surface area contributed by atoms with E-state index >= 15 is 0 Å². The zero-order valence-electron chi connectivity index (χ0n) is 16.4. The molecule has 0 fully saturated rings. The van der Waals surface area contributed by atoms with Crippen molar-refractivity contribution in [3.63, 3.8) is 0 Å². The van der Waals surface area contributed by atoms with Gasteiger partial charge in [0.1, 0.15) is 11.6 Å². The second-order valence-corrected chi connectivity index (χ2v) is 8.63. The SMILES string of the molecule is CCc1nc2ccc(Br)cc2c(=O)n1N=Cc1ccc(Sc2nc3ccccc3[nH]2)o1. The Kier molecular flexibility index (Phi) is 5.21. The predicted molar refractivity (Wildman–Crippen MR) is 125 cm³/mol. The second-order valence-electron chi connectivity index (χ2n) is 6.72. The van der Waals surface area contributed by atoms with Crippen LogP contribution in [-0.2, 0) is 6.42 Å². The lowest BCUT2D eigenvalue weighted by Gasteiger charge is -2.07. The summed E-state index contributed by atoms with van der Waals surface area (Å²) in [5.41, 5.74) is 2.31. The fraction of sp³-hybridized carbons (Fsp3) is 0.0909. The van der Waals surface area contributed by atoms with Gasteiger partial charge in [-0.1, -0.05) is 35.0 Å². The molecule has 1 N–H and O–H groups in total. The number of nitrogens with zero attached hydrogens (tertiary/aromatic N) is 4. The molecule has 2 aromatic carbocycles. The molecule has 5 aromatic rings. The summed E-state index contributed by atoms with van der Waals surface area (Å²) < 4.78 is 7.98. The number of aryl methyl sites for hydroxylation is 1. The number of para-hydroxylation sites is 2. The molecule has 0 atom stereocenters. The topological polar surface area (TPSA) is 89.1 Å². The molecule has 0 radical (unpaired) electrons. The molecule has 31 heavy (non-hydrogen) atoms. The van der Waals surface area contributed by atoms with Crippen LogP contribution in [0, 0.1) is 0 Å². The molecule has 0 spiro atoms. The van der Waals surface area contributed by atoms with E-state index < -0.39 is 0 Å². The number of furan rings is 1. The van der Waals surface area contributed by atoms with Crippen LogP contribution in [0.25, 0.3) is 21.9 Å². The van der Waals surface area contributed by atoms with Gasteiger partial charge in [0, 0.05) is 10.9 Å². The number of rotatable bonds is 5. The quantitative estimate of drug-likeness (QED) is 0.338. The van der Waals surface area contributed by atoms with Crippen LogP contribution >= 0.6 is 27.7 Å². The van der Waals surface area contributed by atoms with Crippen LogP contribution < -0.4 is 5.56 Å². The van der Waals surface area contributed by atoms with Crippen LogP contribution in [-0.4, -0.2) is 25.8 Å². The van der Waals surface area contributed by atoms with Gasteiger partial charge in [-0.3, -0.25) is 4.79 Å². The van der Waals surface area contributed by atoms with Crippen LogP contribution in [0.3, 0.4) is 0 Å². The van der Waals surface area contributed by atoms with E-state index in [-0.39, 0.29) is 5.56 Å². The number of halogens is 1. The number of aromatic nitrogens is 4. The summed E-state index contributed by atoms with van der Waals surface area (Å²) in [6.45, 7) is 1.94. The van der Waals surface area contributed by atoms with E-state index in [4.69, 9.17) is 4.42 Å². The smallest absolute Gasteiger partial charge is 0.282 e. The van der Waals surface area contributed by atoms with Crippen molar-refractivity contribution in [1.82, 2.24) is 19.6 Å². The summed E-state index contributed by atoms with van der Waals surface area (Å²) in [6, 6.07) is 16.9. The molecule has 0 aliphatic rings. The summed E-state index contributed by atoms with van der Waals surface area (Å²) in [4.78, 5) is 25.3. The molecule has 0 bridgehead atoms. The number of benzene rings is 2. The van der Waals surface area contributed by atoms with Crippen molar-refractivity contribution in [2.45, 2.75) is 23.6 Å². The zero-order chi connectivity index (χ0) is 21.4. The first-order valence-electron chi connectivity index (χ1n) is 9.58. The fourth-order valence-electron chi connectivity index (χ4n) is 3.19. The molecule has 0 aliphatic heterocycles. The predicted octanol–water partition coefficient (Wildman–Crippen LogP) is 5.22. The number of hydrogen-bond acceptors (Lipinski definition) is 6. The maximum absolute atomic E-state index is 13.0. The zero-order valence-corrected chi connectivity index (χ0v) is 18.8. The number of fused-ring (bicyclic) bond motifs is 2. The lowest BCUT2D eigenvalue weighted by Crippen LogP contribution is -2.22. The van der Waals surface area contributed by atoms with Crippen molar-refractivity contribution in [3.05, 3.63) is 81.0 Å². The third-order valence-electron chi connectivity index (χ3n) is 4.66. The van der Waals surface area contributed by atoms with Crippen molar-refractivity contribution in [1.29, 1.82) is 0 Å². The summed E-state index contributed by atoms with van der Waals surface area (Å²) in [5.74, 6) is 1.11. The summed E-state index contributed by atoms with van der Waals surface area (Å²) in [5, 5.41) is 6.27.